The predicted octanol–water partition coefficient (Wildman–Crippen LogP) is 3.20. The summed E-state index contributed by atoms with van der Waals surface area (Å²) in [6, 6.07) is 3.45. The number of nitrogens with zero attached hydrogens (tertiary/aromatic N) is 7. The lowest BCUT2D eigenvalue weighted by molar-refractivity contribution is 0.184. The molecule has 154 valence electrons. The summed E-state index contributed by atoms with van der Waals surface area (Å²) in [6.07, 6.45) is 3.82. The van der Waals surface area contributed by atoms with E-state index in [1.165, 1.54) is 6.20 Å². The molecule has 12 heteroatoms. The van der Waals surface area contributed by atoms with E-state index in [9.17, 15) is 4.39 Å². The predicted molar refractivity (Wildman–Crippen MR) is 106 cm³/mol. The average molecular weight is 431 g/mol. The van der Waals surface area contributed by atoms with Crippen LogP contribution in [0.4, 0.5) is 16.0 Å². The Morgan fingerprint density at radius 2 is 2.23 bits per heavy atom. The lowest BCUT2D eigenvalue weighted by atomic mass is 10.3. The highest BCUT2D eigenvalue weighted by atomic mass is 35.5. The van der Waals surface area contributed by atoms with Gasteiger partial charge in [0.15, 0.2) is 10.8 Å². The molecule has 2 bridgehead atoms. The Morgan fingerprint density at radius 1 is 1.33 bits per heavy atom. The van der Waals surface area contributed by atoms with Crippen LogP contribution in [-0.4, -0.2) is 48.0 Å². The second-order valence-electron chi connectivity index (χ2n) is 6.53. The molecule has 0 spiro atoms. The Balaban J connectivity index is 1.62. The fourth-order valence-corrected chi connectivity index (χ4v) is 3.52. The van der Waals surface area contributed by atoms with E-state index in [1.54, 1.807) is 27.7 Å². The molecule has 4 aromatic heterocycles. The Labute approximate surface area is 174 Å². The van der Waals surface area contributed by atoms with E-state index in [0.717, 1.165) is 0 Å². The van der Waals surface area contributed by atoms with E-state index in [2.05, 4.69) is 30.5 Å². The molecule has 0 aromatic carbocycles. The second-order valence-corrected chi connectivity index (χ2v) is 6.89. The average Bonchev–Trinajstić information content (AvgIpc) is 3.22. The first-order valence-corrected chi connectivity index (χ1v) is 9.56. The minimum Gasteiger partial charge on any atom is -0.475 e. The van der Waals surface area contributed by atoms with Crippen LogP contribution in [-0.2, 0) is 6.54 Å². The third-order valence-corrected chi connectivity index (χ3v) is 4.97. The maximum absolute atomic E-state index is 12.8. The number of aryl methyl sites for hydroxylation is 1. The van der Waals surface area contributed by atoms with Gasteiger partial charge in [0.2, 0.25) is 18.7 Å². The molecule has 0 saturated heterocycles. The van der Waals surface area contributed by atoms with Gasteiger partial charge < -0.3 is 14.8 Å². The molecule has 1 aliphatic rings. The number of alkyl halides is 1. The maximum atomic E-state index is 12.8. The van der Waals surface area contributed by atoms with Crippen molar-refractivity contribution in [3.05, 3.63) is 35.4 Å². The SMILES string of the molecule is Cc1c2c(nn1-c1cccnc1OCF)OCCCn1nc(Cl)c3cnc(nc31)N2. The van der Waals surface area contributed by atoms with Gasteiger partial charge in [-0.05, 0) is 19.1 Å². The fraction of sp³-hybridized carbons (Fsp3) is 0.278. The maximum Gasteiger partial charge on any atom is 0.257 e. The van der Waals surface area contributed by atoms with Crippen molar-refractivity contribution in [2.24, 2.45) is 0 Å². The van der Waals surface area contributed by atoms with Gasteiger partial charge in [0.05, 0.1) is 17.7 Å². The van der Waals surface area contributed by atoms with E-state index in [-0.39, 0.29) is 5.88 Å². The number of ether oxygens (including phenoxy) is 2. The van der Waals surface area contributed by atoms with Gasteiger partial charge in [-0.3, -0.25) is 0 Å². The summed E-state index contributed by atoms with van der Waals surface area (Å²) < 4.78 is 27.0. The van der Waals surface area contributed by atoms with Crippen molar-refractivity contribution in [1.82, 2.24) is 34.5 Å². The van der Waals surface area contributed by atoms with Gasteiger partial charge in [-0.2, -0.15) is 10.1 Å². The first-order chi connectivity index (χ1) is 14.7. The van der Waals surface area contributed by atoms with Gasteiger partial charge in [-0.1, -0.05) is 11.6 Å². The van der Waals surface area contributed by atoms with Gasteiger partial charge in [-0.25, -0.2) is 23.7 Å². The number of anilines is 2. The zero-order valence-corrected chi connectivity index (χ0v) is 16.6. The van der Waals surface area contributed by atoms with Crippen LogP contribution in [0.2, 0.25) is 5.15 Å². The van der Waals surface area contributed by atoms with Crippen molar-refractivity contribution in [3.63, 3.8) is 0 Å². The Kier molecular flexibility index (Phi) is 4.58. The molecule has 0 atom stereocenters. The molecule has 0 saturated carbocycles. The molecule has 4 aromatic rings. The summed E-state index contributed by atoms with van der Waals surface area (Å²) in [5.41, 5.74) is 2.40. The largest absolute Gasteiger partial charge is 0.475 e. The Morgan fingerprint density at radius 3 is 3.10 bits per heavy atom. The van der Waals surface area contributed by atoms with E-state index in [0.29, 0.717) is 64.7 Å². The van der Waals surface area contributed by atoms with Crippen LogP contribution in [0.15, 0.2) is 24.5 Å². The van der Waals surface area contributed by atoms with Crippen LogP contribution in [0.25, 0.3) is 16.7 Å². The summed E-state index contributed by atoms with van der Waals surface area (Å²) in [5.74, 6) is 0.839. The van der Waals surface area contributed by atoms with Crippen molar-refractivity contribution in [3.8, 4) is 17.4 Å². The van der Waals surface area contributed by atoms with Crippen LogP contribution in [0.5, 0.6) is 11.8 Å². The number of nitrogens with one attached hydrogen (secondary N) is 1. The summed E-state index contributed by atoms with van der Waals surface area (Å²) in [6.45, 7) is 1.82. The zero-order valence-electron chi connectivity index (χ0n) is 15.8. The van der Waals surface area contributed by atoms with Gasteiger partial charge in [0.1, 0.15) is 11.4 Å². The molecule has 10 nitrogen and oxygen atoms in total. The lowest BCUT2D eigenvalue weighted by Gasteiger charge is -2.09. The first kappa shape index (κ1) is 18.6. The number of hydrogen-bond donors (Lipinski definition) is 1. The van der Waals surface area contributed by atoms with Crippen LogP contribution in [0.3, 0.4) is 0 Å². The molecule has 1 N–H and O–H groups in total. The number of pyridine rings is 1. The minimum absolute atomic E-state index is 0.126. The highest BCUT2D eigenvalue weighted by Crippen LogP contribution is 2.34. The summed E-state index contributed by atoms with van der Waals surface area (Å²) in [7, 11) is 0. The van der Waals surface area contributed by atoms with Gasteiger partial charge in [-0.15, -0.1) is 5.10 Å². The quantitative estimate of drug-likeness (QED) is 0.528. The Hall–Kier alpha value is -3.47. The zero-order chi connectivity index (χ0) is 20.7. The molecular weight excluding hydrogens is 415 g/mol. The molecule has 0 unspecified atom stereocenters. The Bertz CT molecular complexity index is 1240. The van der Waals surface area contributed by atoms with Gasteiger partial charge in [0.25, 0.3) is 5.88 Å². The molecule has 0 fully saturated rings. The van der Waals surface area contributed by atoms with E-state index >= 15 is 0 Å². The summed E-state index contributed by atoms with van der Waals surface area (Å²) in [4.78, 5) is 13.0. The van der Waals surface area contributed by atoms with Crippen molar-refractivity contribution in [1.29, 1.82) is 0 Å². The van der Waals surface area contributed by atoms with Crippen LogP contribution in [0, 0.1) is 6.92 Å². The van der Waals surface area contributed by atoms with Crippen molar-refractivity contribution >= 4 is 34.3 Å². The third kappa shape index (κ3) is 3.07. The standard InChI is InChI=1S/C18H16ClFN8O2/c1-10-13-17(26-28(10)12-4-2-5-21-16(12)30-9-20)29-7-3-6-27-15-11(14(19)25-27)8-22-18(23-13)24-15/h2,4-5,8H,3,6-7,9H2,1H3,(H,22,23,24). The molecule has 0 amide bonds. The molecule has 30 heavy (non-hydrogen) atoms. The third-order valence-electron chi connectivity index (χ3n) is 4.69. The number of halogens is 2. The van der Waals surface area contributed by atoms with Crippen molar-refractivity contribution in [2.45, 2.75) is 19.9 Å². The first-order valence-electron chi connectivity index (χ1n) is 9.18. The van der Waals surface area contributed by atoms with E-state index < -0.39 is 6.86 Å². The van der Waals surface area contributed by atoms with Crippen molar-refractivity contribution < 1.29 is 13.9 Å². The molecule has 1 aliphatic heterocycles. The van der Waals surface area contributed by atoms with E-state index in [1.807, 2.05) is 6.92 Å². The number of hydrogen-bond acceptors (Lipinski definition) is 8. The van der Waals surface area contributed by atoms with Gasteiger partial charge >= 0.3 is 0 Å². The molecule has 5 heterocycles. The highest BCUT2D eigenvalue weighted by molar-refractivity contribution is 6.34. The number of aromatic nitrogens is 7. The van der Waals surface area contributed by atoms with Crippen LogP contribution >= 0.6 is 11.6 Å². The minimum atomic E-state index is -0.997. The normalized spacial score (nSPS) is 13.4. The molecule has 5 rings (SSSR count). The summed E-state index contributed by atoms with van der Waals surface area (Å²) >= 11 is 6.20. The smallest absolute Gasteiger partial charge is 0.257 e. The molecular formula is C18H16ClFN8O2. The fourth-order valence-electron chi connectivity index (χ4n) is 3.30. The van der Waals surface area contributed by atoms with Crippen LogP contribution < -0.4 is 14.8 Å². The monoisotopic (exact) mass is 430 g/mol. The lowest BCUT2D eigenvalue weighted by Crippen LogP contribution is -2.07. The highest BCUT2D eigenvalue weighted by Gasteiger charge is 2.22. The topological polar surface area (TPSA) is 105 Å². The summed E-state index contributed by atoms with van der Waals surface area (Å²) in [5, 5.41) is 13.1. The van der Waals surface area contributed by atoms with Gasteiger partial charge in [0, 0.05) is 25.4 Å². The molecule has 0 radical (unpaired) electrons. The van der Waals surface area contributed by atoms with Crippen molar-refractivity contribution in [2.75, 3.05) is 18.8 Å². The van der Waals surface area contributed by atoms with Crippen LogP contribution in [0.1, 0.15) is 12.1 Å². The van der Waals surface area contributed by atoms with E-state index in [4.69, 9.17) is 21.1 Å². The second kappa shape index (κ2) is 7.41. The number of rotatable bonds is 3. The molecule has 0 aliphatic carbocycles. The number of fused-ring (bicyclic) bond motifs is 2.